The maximum atomic E-state index is 5.65. The molecule has 2 N–H and O–H groups in total. The highest BCUT2D eigenvalue weighted by molar-refractivity contribution is 5.88. The lowest BCUT2D eigenvalue weighted by Crippen LogP contribution is -2.02. The highest BCUT2D eigenvalue weighted by atomic mass is 15.1. The molecule has 0 aliphatic heterocycles. The van der Waals surface area contributed by atoms with Crippen molar-refractivity contribution in [1.82, 2.24) is 19.1 Å². The van der Waals surface area contributed by atoms with Crippen molar-refractivity contribution >= 4 is 10.9 Å². The van der Waals surface area contributed by atoms with Crippen LogP contribution in [0.1, 0.15) is 5.69 Å². The molecule has 0 amide bonds. The molecule has 1 aromatic carbocycles. The summed E-state index contributed by atoms with van der Waals surface area (Å²) in [6, 6.07) is 14.5. The Morgan fingerprint density at radius 1 is 1.09 bits per heavy atom. The molecule has 114 valence electrons. The smallest absolute Gasteiger partial charge is 0.105 e. The van der Waals surface area contributed by atoms with Crippen LogP contribution in [-0.4, -0.2) is 19.1 Å². The summed E-state index contributed by atoms with van der Waals surface area (Å²) < 4.78 is 4.14. The standard InChI is InChI=1S/C18H17N5/c1-22-11-16(21-12-22)18-8-13-4-2-3-5-17(13)23(18)15-7-6-14(9-19)20-10-15/h2-8,10-12H,9,19H2,1H3. The van der Waals surface area contributed by atoms with Crippen LogP contribution in [0.4, 0.5) is 0 Å². The average Bonchev–Trinajstić information content (AvgIpc) is 3.18. The van der Waals surface area contributed by atoms with Crippen molar-refractivity contribution < 1.29 is 0 Å². The minimum Gasteiger partial charge on any atom is -0.340 e. The number of fused-ring (bicyclic) bond motifs is 1. The van der Waals surface area contributed by atoms with Crippen LogP contribution in [0.2, 0.25) is 0 Å². The molecule has 0 saturated heterocycles. The van der Waals surface area contributed by atoms with Crippen LogP contribution in [0, 0.1) is 0 Å². The highest BCUT2D eigenvalue weighted by Crippen LogP contribution is 2.30. The Bertz CT molecular complexity index is 963. The minimum atomic E-state index is 0.444. The number of nitrogens with zero attached hydrogens (tertiary/aromatic N) is 4. The summed E-state index contributed by atoms with van der Waals surface area (Å²) in [5.41, 5.74) is 10.7. The molecule has 5 heteroatoms. The van der Waals surface area contributed by atoms with Crippen LogP contribution in [0.25, 0.3) is 28.0 Å². The maximum Gasteiger partial charge on any atom is 0.105 e. The second-order valence-electron chi connectivity index (χ2n) is 5.56. The van der Waals surface area contributed by atoms with Crippen LogP contribution in [0.15, 0.2) is 61.2 Å². The van der Waals surface area contributed by atoms with Gasteiger partial charge >= 0.3 is 0 Å². The molecular weight excluding hydrogens is 286 g/mol. The number of aryl methyl sites for hydroxylation is 1. The number of para-hydroxylation sites is 1. The zero-order chi connectivity index (χ0) is 15.8. The summed E-state index contributed by atoms with van der Waals surface area (Å²) in [6.45, 7) is 0.444. The van der Waals surface area contributed by atoms with Crippen LogP contribution < -0.4 is 5.73 Å². The third-order valence-corrected chi connectivity index (χ3v) is 3.95. The number of hydrogen-bond donors (Lipinski definition) is 1. The fourth-order valence-corrected chi connectivity index (χ4v) is 2.84. The normalized spacial score (nSPS) is 11.2. The molecule has 0 spiro atoms. The first-order chi connectivity index (χ1) is 11.3. The third kappa shape index (κ3) is 2.31. The van der Waals surface area contributed by atoms with E-state index in [2.05, 4.69) is 32.7 Å². The van der Waals surface area contributed by atoms with E-state index in [0.717, 1.165) is 28.3 Å². The molecule has 0 fully saturated rings. The summed E-state index contributed by atoms with van der Waals surface area (Å²) in [5.74, 6) is 0. The zero-order valence-electron chi connectivity index (χ0n) is 12.8. The topological polar surface area (TPSA) is 61.7 Å². The second-order valence-corrected chi connectivity index (χ2v) is 5.56. The Balaban J connectivity index is 1.98. The number of rotatable bonds is 3. The van der Waals surface area contributed by atoms with E-state index in [1.165, 1.54) is 5.39 Å². The van der Waals surface area contributed by atoms with Gasteiger partial charge in [-0.3, -0.25) is 4.98 Å². The van der Waals surface area contributed by atoms with Gasteiger partial charge in [-0.25, -0.2) is 4.98 Å². The van der Waals surface area contributed by atoms with Gasteiger partial charge < -0.3 is 14.9 Å². The minimum absolute atomic E-state index is 0.444. The van der Waals surface area contributed by atoms with E-state index in [9.17, 15) is 0 Å². The van der Waals surface area contributed by atoms with Crippen molar-refractivity contribution in [1.29, 1.82) is 0 Å². The number of imidazole rings is 1. The SMILES string of the molecule is Cn1cnc(-c2cc3ccccc3n2-c2ccc(CN)nc2)c1. The summed E-state index contributed by atoms with van der Waals surface area (Å²) in [4.78, 5) is 8.93. The molecule has 0 unspecified atom stereocenters. The van der Waals surface area contributed by atoms with Crippen molar-refractivity contribution in [2.24, 2.45) is 12.8 Å². The zero-order valence-corrected chi connectivity index (χ0v) is 12.8. The van der Waals surface area contributed by atoms with Gasteiger partial charge in [0.1, 0.15) is 5.69 Å². The van der Waals surface area contributed by atoms with Gasteiger partial charge in [0.05, 0.1) is 35.1 Å². The van der Waals surface area contributed by atoms with Crippen molar-refractivity contribution in [2.45, 2.75) is 6.54 Å². The Morgan fingerprint density at radius 2 is 1.96 bits per heavy atom. The fraction of sp³-hybridized carbons (Fsp3) is 0.111. The van der Waals surface area contributed by atoms with Gasteiger partial charge in [0.2, 0.25) is 0 Å². The lowest BCUT2D eigenvalue weighted by atomic mass is 10.2. The Morgan fingerprint density at radius 3 is 2.65 bits per heavy atom. The summed E-state index contributed by atoms with van der Waals surface area (Å²) in [7, 11) is 1.97. The second kappa shape index (κ2) is 5.37. The van der Waals surface area contributed by atoms with Crippen LogP contribution >= 0.6 is 0 Å². The predicted octanol–water partition coefficient (Wildman–Crippen LogP) is 2.88. The monoisotopic (exact) mass is 303 g/mol. The summed E-state index contributed by atoms with van der Waals surface area (Å²) in [5, 5.41) is 1.18. The molecule has 4 rings (SSSR count). The van der Waals surface area contributed by atoms with E-state index in [0.29, 0.717) is 6.54 Å². The van der Waals surface area contributed by atoms with Crippen LogP contribution in [0.3, 0.4) is 0 Å². The van der Waals surface area contributed by atoms with Crippen molar-refractivity contribution in [2.75, 3.05) is 0 Å². The Labute approximate surface area is 134 Å². The fourth-order valence-electron chi connectivity index (χ4n) is 2.84. The molecule has 23 heavy (non-hydrogen) atoms. The molecule has 5 nitrogen and oxygen atoms in total. The van der Waals surface area contributed by atoms with Crippen LogP contribution in [-0.2, 0) is 13.6 Å². The quantitative estimate of drug-likeness (QED) is 0.633. The van der Waals surface area contributed by atoms with Gasteiger partial charge in [0.15, 0.2) is 0 Å². The molecule has 4 aromatic rings. The molecule has 0 aliphatic rings. The van der Waals surface area contributed by atoms with Gasteiger partial charge in [0, 0.05) is 25.2 Å². The molecule has 0 bridgehead atoms. The lowest BCUT2D eigenvalue weighted by molar-refractivity contribution is 0.913. The highest BCUT2D eigenvalue weighted by Gasteiger charge is 2.14. The number of pyridine rings is 1. The molecule has 0 saturated carbocycles. The number of aromatic nitrogens is 4. The first-order valence-corrected chi connectivity index (χ1v) is 7.50. The van der Waals surface area contributed by atoms with Crippen molar-refractivity contribution in [3.8, 4) is 17.1 Å². The maximum absolute atomic E-state index is 5.65. The Hall–Kier alpha value is -2.92. The van der Waals surface area contributed by atoms with Gasteiger partial charge in [-0.15, -0.1) is 0 Å². The molecule has 0 radical (unpaired) electrons. The van der Waals surface area contributed by atoms with E-state index in [4.69, 9.17) is 5.73 Å². The molecule has 3 heterocycles. The van der Waals surface area contributed by atoms with Gasteiger partial charge in [-0.05, 0) is 24.3 Å². The number of nitrogens with two attached hydrogens (primary N) is 1. The van der Waals surface area contributed by atoms with Gasteiger partial charge in [0.25, 0.3) is 0 Å². The van der Waals surface area contributed by atoms with E-state index >= 15 is 0 Å². The van der Waals surface area contributed by atoms with E-state index in [-0.39, 0.29) is 0 Å². The average molecular weight is 303 g/mol. The van der Waals surface area contributed by atoms with Crippen molar-refractivity contribution in [3.05, 3.63) is 66.9 Å². The first-order valence-electron chi connectivity index (χ1n) is 7.50. The first kappa shape index (κ1) is 13.7. The van der Waals surface area contributed by atoms with E-state index in [1.54, 1.807) is 0 Å². The van der Waals surface area contributed by atoms with Gasteiger partial charge in [-0.1, -0.05) is 18.2 Å². The summed E-state index contributed by atoms with van der Waals surface area (Å²) >= 11 is 0. The van der Waals surface area contributed by atoms with Crippen molar-refractivity contribution in [3.63, 3.8) is 0 Å². The van der Waals surface area contributed by atoms with E-state index in [1.807, 2.05) is 54.6 Å². The third-order valence-electron chi connectivity index (χ3n) is 3.95. The molecular formula is C18H17N5. The molecule has 3 aromatic heterocycles. The number of benzene rings is 1. The number of hydrogen-bond acceptors (Lipinski definition) is 3. The summed E-state index contributed by atoms with van der Waals surface area (Å²) in [6.07, 6.45) is 5.70. The van der Waals surface area contributed by atoms with E-state index < -0.39 is 0 Å². The van der Waals surface area contributed by atoms with Crippen LogP contribution in [0.5, 0.6) is 0 Å². The molecule has 0 aliphatic carbocycles. The Kier molecular flexibility index (Phi) is 3.20. The van der Waals surface area contributed by atoms with Gasteiger partial charge in [-0.2, -0.15) is 0 Å². The predicted molar refractivity (Wildman–Crippen MR) is 91.2 cm³/mol. The lowest BCUT2D eigenvalue weighted by Gasteiger charge is -2.10. The largest absolute Gasteiger partial charge is 0.340 e. The molecule has 0 atom stereocenters.